The highest BCUT2D eigenvalue weighted by Crippen LogP contribution is 2.17. The second-order valence-electron chi connectivity index (χ2n) is 5.78. The Morgan fingerprint density at radius 3 is 2.00 bits per heavy atom. The van der Waals surface area contributed by atoms with Crippen LogP contribution in [0.3, 0.4) is 0 Å². The number of aliphatic hydroxyl groups excluding tert-OH is 1. The zero-order chi connectivity index (χ0) is 13.8. The molecule has 0 saturated heterocycles. The van der Waals surface area contributed by atoms with Gasteiger partial charge in [0, 0.05) is 6.42 Å². The second kappa shape index (κ2) is 6.15. The van der Waals surface area contributed by atoms with Gasteiger partial charge in [0.25, 0.3) is 0 Å². The van der Waals surface area contributed by atoms with Crippen molar-refractivity contribution in [1.29, 1.82) is 0 Å². The maximum atomic E-state index is 11.7. The first-order chi connectivity index (χ1) is 7.55. The molecule has 100 valence electrons. The molecule has 0 saturated carbocycles. The Hall–Kier alpha value is -0.900. The fourth-order valence-corrected chi connectivity index (χ4v) is 1.01. The van der Waals surface area contributed by atoms with E-state index in [1.807, 2.05) is 13.8 Å². The number of Topliss-reactive ketones (excluding diaryl/α,β-unsaturated/α-hetero) is 1. The van der Waals surface area contributed by atoms with Gasteiger partial charge in [0.1, 0.15) is 0 Å². The van der Waals surface area contributed by atoms with Crippen molar-refractivity contribution >= 4 is 11.8 Å². The van der Waals surface area contributed by atoms with Crippen LogP contribution in [0.1, 0.15) is 48.0 Å². The minimum Gasteiger partial charge on any atom is -0.454 e. The minimum atomic E-state index is -0.796. The van der Waals surface area contributed by atoms with Gasteiger partial charge in [-0.25, -0.2) is 0 Å². The predicted octanol–water partition coefficient (Wildman–Crippen LogP) is 1.94. The topological polar surface area (TPSA) is 63.6 Å². The Morgan fingerprint density at radius 2 is 1.65 bits per heavy atom. The zero-order valence-electron chi connectivity index (χ0n) is 11.6. The molecule has 1 N–H and O–H groups in total. The van der Waals surface area contributed by atoms with Crippen LogP contribution in [-0.4, -0.2) is 29.1 Å². The van der Waals surface area contributed by atoms with Crippen molar-refractivity contribution in [3.05, 3.63) is 0 Å². The van der Waals surface area contributed by atoms with Crippen LogP contribution in [0.5, 0.6) is 0 Å². The van der Waals surface area contributed by atoms with E-state index < -0.39 is 23.6 Å². The molecule has 17 heavy (non-hydrogen) atoms. The molecule has 0 aliphatic heterocycles. The molecule has 0 aromatic heterocycles. The predicted molar refractivity (Wildman–Crippen MR) is 65.5 cm³/mol. The van der Waals surface area contributed by atoms with Crippen molar-refractivity contribution in [3.8, 4) is 0 Å². The highest BCUT2D eigenvalue weighted by molar-refractivity contribution is 5.86. The van der Waals surface area contributed by atoms with Gasteiger partial charge in [0.15, 0.2) is 11.9 Å². The first-order valence-electron chi connectivity index (χ1n) is 5.97. The summed E-state index contributed by atoms with van der Waals surface area (Å²) in [6.45, 7) is 10.4. The summed E-state index contributed by atoms with van der Waals surface area (Å²) in [5.41, 5.74) is -0.620. The second-order valence-corrected chi connectivity index (χ2v) is 5.78. The highest BCUT2D eigenvalue weighted by Gasteiger charge is 2.28. The third-order valence-electron chi connectivity index (χ3n) is 2.53. The van der Waals surface area contributed by atoms with Crippen molar-refractivity contribution in [2.45, 2.75) is 60.2 Å². The molecule has 0 aromatic carbocycles. The summed E-state index contributed by atoms with van der Waals surface area (Å²) in [4.78, 5) is 23.2. The molecule has 0 aliphatic carbocycles. The van der Waals surface area contributed by atoms with Gasteiger partial charge >= 0.3 is 5.97 Å². The summed E-state index contributed by atoms with van der Waals surface area (Å²) in [5, 5.41) is 9.58. The zero-order valence-corrected chi connectivity index (χ0v) is 11.6. The van der Waals surface area contributed by atoms with Crippen molar-refractivity contribution in [2.24, 2.45) is 11.3 Å². The lowest BCUT2D eigenvalue weighted by Gasteiger charge is -2.21. The van der Waals surface area contributed by atoms with Crippen LogP contribution in [0.2, 0.25) is 0 Å². The number of carbonyl (C=O) groups excluding carboxylic acids is 2. The Kier molecular flexibility index (Phi) is 5.82. The summed E-state index contributed by atoms with van der Waals surface area (Å²) in [6, 6.07) is 0. The summed E-state index contributed by atoms with van der Waals surface area (Å²) in [7, 11) is 0. The molecular formula is C13H24O4. The molecule has 4 heteroatoms. The third-order valence-corrected chi connectivity index (χ3v) is 2.53. The van der Waals surface area contributed by atoms with Gasteiger partial charge in [-0.3, -0.25) is 9.59 Å². The Labute approximate surface area is 103 Å². The van der Waals surface area contributed by atoms with E-state index in [9.17, 15) is 14.7 Å². The largest absolute Gasteiger partial charge is 0.454 e. The molecule has 0 fully saturated rings. The van der Waals surface area contributed by atoms with Gasteiger partial charge in [-0.05, 0) is 33.6 Å². The first kappa shape index (κ1) is 16.1. The number of rotatable bonds is 5. The van der Waals surface area contributed by atoms with Gasteiger partial charge in [0.2, 0.25) is 0 Å². The average molecular weight is 244 g/mol. The maximum Gasteiger partial charge on any atom is 0.311 e. The monoisotopic (exact) mass is 244 g/mol. The third kappa shape index (κ3) is 5.82. The van der Waals surface area contributed by atoms with Crippen LogP contribution < -0.4 is 0 Å². The van der Waals surface area contributed by atoms with E-state index in [0.717, 1.165) is 0 Å². The first-order valence-corrected chi connectivity index (χ1v) is 5.97. The van der Waals surface area contributed by atoms with Gasteiger partial charge < -0.3 is 9.84 Å². The summed E-state index contributed by atoms with van der Waals surface area (Å²) < 4.78 is 5.06. The van der Waals surface area contributed by atoms with Crippen molar-refractivity contribution < 1.29 is 19.4 Å². The molecule has 0 bridgehead atoms. The maximum absolute atomic E-state index is 11.7. The van der Waals surface area contributed by atoms with Crippen molar-refractivity contribution in [3.63, 3.8) is 0 Å². The number of aliphatic hydroxyl groups is 1. The Balaban J connectivity index is 4.29. The van der Waals surface area contributed by atoms with Gasteiger partial charge in [0.05, 0.1) is 11.5 Å². The molecular weight excluding hydrogens is 220 g/mol. The molecule has 0 aliphatic rings. The number of hydrogen-bond donors (Lipinski definition) is 1. The summed E-state index contributed by atoms with van der Waals surface area (Å²) in [5.74, 6) is -0.634. The molecule has 0 unspecified atom stereocenters. The SMILES string of the molecule is CC(C)[C@H](O)CC(=O)[C@H](C)OC(=O)C(C)(C)C. The van der Waals surface area contributed by atoms with E-state index in [2.05, 4.69) is 0 Å². The molecule has 4 nitrogen and oxygen atoms in total. The van der Waals surface area contributed by atoms with E-state index in [1.54, 1.807) is 27.7 Å². The molecule has 0 spiro atoms. The molecule has 0 radical (unpaired) electrons. The normalized spacial score (nSPS) is 15.5. The fourth-order valence-electron chi connectivity index (χ4n) is 1.01. The molecule has 0 amide bonds. The smallest absolute Gasteiger partial charge is 0.311 e. The fraction of sp³-hybridized carbons (Fsp3) is 0.846. The van der Waals surface area contributed by atoms with Crippen LogP contribution in [0.4, 0.5) is 0 Å². The number of hydrogen-bond acceptors (Lipinski definition) is 4. The van der Waals surface area contributed by atoms with E-state index in [1.165, 1.54) is 0 Å². The van der Waals surface area contributed by atoms with Gasteiger partial charge in [-0.15, -0.1) is 0 Å². The standard InChI is InChI=1S/C13H24O4/c1-8(2)10(14)7-11(15)9(3)17-12(16)13(4,5)6/h8-10,14H,7H2,1-6H3/t9-,10+/m0/s1. The molecule has 0 heterocycles. The van der Waals surface area contributed by atoms with Gasteiger partial charge in [-0.2, -0.15) is 0 Å². The lowest BCUT2D eigenvalue weighted by atomic mass is 9.97. The number of esters is 1. The van der Waals surface area contributed by atoms with E-state index in [4.69, 9.17) is 4.74 Å². The van der Waals surface area contributed by atoms with Crippen LogP contribution in [-0.2, 0) is 14.3 Å². The number of ketones is 1. The quantitative estimate of drug-likeness (QED) is 0.751. The minimum absolute atomic E-state index is 0.0180. The molecule has 0 aromatic rings. The average Bonchev–Trinajstić information content (AvgIpc) is 2.15. The summed E-state index contributed by atoms with van der Waals surface area (Å²) in [6.07, 6.45) is -1.45. The van der Waals surface area contributed by atoms with Gasteiger partial charge in [-0.1, -0.05) is 13.8 Å². The van der Waals surface area contributed by atoms with E-state index >= 15 is 0 Å². The number of ether oxygens (including phenoxy) is 1. The summed E-state index contributed by atoms with van der Waals surface area (Å²) >= 11 is 0. The van der Waals surface area contributed by atoms with Crippen LogP contribution in [0.25, 0.3) is 0 Å². The van der Waals surface area contributed by atoms with Crippen LogP contribution in [0.15, 0.2) is 0 Å². The lowest BCUT2D eigenvalue weighted by Crippen LogP contribution is -2.33. The Bertz CT molecular complexity index is 276. The van der Waals surface area contributed by atoms with E-state index in [-0.39, 0.29) is 18.1 Å². The van der Waals surface area contributed by atoms with Crippen molar-refractivity contribution in [2.75, 3.05) is 0 Å². The molecule has 0 rings (SSSR count). The van der Waals surface area contributed by atoms with Crippen LogP contribution >= 0.6 is 0 Å². The van der Waals surface area contributed by atoms with Crippen molar-refractivity contribution in [1.82, 2.24) is 0 Å². The highest BCUT2D eigenvalue weighted by atomic mass is 16.5. The van der Waals surface area contributed by atoms with E-state index in [0.29, 0.717) is 0 Å². The van der Waals surface area contributed by atoms with Crippen LogP contribution in [0, 0.1) is 11.3 Å². The molecule has 2 atom stereocenters. The lowest BCUT2D eigenvalue weighted by molar-refractivity contribution is -0.162. The Morgan fingerprint density at radius 1 is 1.18 bits per heavy atom. The number of carbonyl (C=O) groups is 2.